The molecule has 1 aliphatic carbocycles. The van der Waals surface area contributed by atoms with Gasteiger partial charge in [0.15, 0.2) is 0 Å². The summed E-state index contributed by atoms with van der Waals surface area (Å²) in [4.78, 5) is 16.5. The fourth-order valence-corrected chi connectivity index (χ4v) is 5.31. The van der Waals surface area contributed by atoms with Crippen molar-refractivity contribution >= 4 is 15.9 Å². The van der Waals surface area contributed by atoms with Gasteiger partial charge in [-0.05, 0) is 48.7 Å². The predicted octanol–water partition coefficient (Wildman–Crippen LogP) is 2.46. The van der Waals surface area contributed by atoms with E-state index >= 15 is 0 Å². The van der Waals surface area contributed by atoms with Gasteiger partial charge in [0, 0.05) is 38.8 Å². The van der Waals surface area contributed by atoms with Gasteiger partial charge in [-0.3, -0.25) is 9.69 Å². The molecule has 1 saturated carbocycles. The lowest BCUT2D eigenvalue weighted by molar-refractivity contribution is -0.133. The Balaban J connectivity index is 1.35. The van der Waals surface area contributed by atoms with Crippen LogP contribution >= 0.6 is 0 Å². The first kappa shape index (κ1) is 21.9. The number of piperazine rings is 1. The van der Waals surface area contributed by atoms with Crippen LogP contribution in [0.4, 0.5) is 8.78 Å². The van der Waals surface area contributed by atoms with Gasteiger partial charge in [-0.2, -0.15) is 4.31 Å². The SMILES string of the molecule is O=C(CN(Cc1cccc(F)c1)C1CC1)N1CCN(S(=O)(=O)c2cccc(F)c2)CC1. The molecule has 1 saturated heterocycles. The van der Waals surface area contributed by atoms with E-state index in [1.165, 1.54) is 34.6 Å². The molecule has 6 nitrogen and oxygen atoms in total. The van der Waals surface area contributed by atoms with E-state index in [-0.39, 0.29) is 49.3 Å². The van der Waals surface area contributed by atoms with Crippen LogP contribution in [-0.4, -0.2) is 67.2 Å². The van der Waals surface area contributed by atoms with Crippen LogP contribution in [0.1, 0.15) is 18.4 Å². The number of hydrogen-bond donors (Lipinski definition) is 0. The van der Waals surface area contributed by atoms with E-state index in [1.807, 2.05) is 6.07 Å². The van der Waals surface area contributed by atoms with Crippen molar-refractivity contribution in [1.29, 1.82) is 0 Å². The lowest BCUT2D eigenvalue weighted by Gasteiger charge is -2.35. The normalized spacial score (nSPS) is 17.8. The molecule has 0 aromatic heterocycles. The van der Waals surface area contributed by atoms with Gasteiger partial charge in [-0.1, -0.05) is 18.2 Å². The van der Waals surface area contributed by atoms with E-state index < -0.39 is 15.8 Å². The first-order valence-corrected chi connectivity index (χ1v) is 11.8. The van der Waals surface area contributed by atoms with Crippen LogP contribution in [0.25, 0.3) is 0 Å². The second-order valence-electron chi connectivity index (χ2n) is 8.01. The summed E-state index contributed by atoms with van der Waals surface area (Å²) in [6.07, 6.45) is 2.03. The Morgan fingerprint density at radius 3 is 2.23 bits per heavy atom. The average molecular weight is 450 g/mol. The first-order valence-electron chi connectivity index (χ1n) is 10.3. The van der Waals surface area contributed by atoms with Crippen molar-refractivity contribution in [2.45, 2.75) is 30.3 Å². The number of carbonyl (C=O) groups excluding carboxylic acids is 1. The Morgan fingerprint density at radius 1 is 0.968 bits per heavy atom. The Labute approximate surface area is 181 Å². The average Bonchev–Trinajstić information content (AvgIpc) is 3.59. The molecule has 0 spiro atoms. The van der Waals surface area contributed by atoms with Crippen molar-refractivity contribution in [1.82, 2.24) is 14.1 Å². The summed E-state index contributed by atoms with van der Waals surface area (Å²) >= 11 is 0. The Hall–Kier alpha value is -2.36. The maximum Gasteiger partial charge on any atom is 0.243 e. The highest BCUT2D eigenvalue weighted by molar-refractivity contribution is 7.89. The molecule has 166 valence electrons. The highest BCUT2D eigenvalue weighted by Gasteiger charge is 2.34. The van der Waals surface area contributed by atoms with Crippen molar-refractivity contribution in [3.63, 3.8) is 0 Å². The molecule has 2 aliphatic rings. The molecule has 0 bridgehead atoms. The van der Waals surface area contributed by atoms with E-state index in [0.29, 0.717) is 12.6 Å². The van der Waals surface area contributed by atoms with Crippen molar-refractivity contribution < 1.29 is 22.0 Å². The summed E-state index contributed by atoms with van der Waals surface area (Å²) in [5.41, 5.74) is 0.825. The highest BCUT2D eigenvalue weighted by atomic mass is 32.2. The first-order chi connectivity index (χ1) is 14.8. The molecule has 1 heterocycles. The molecule has 2 aromatic rings. The third-order valence-corrected chi connectivity index (χ3v) is 7.60. The zero-order chi connectivity index (χ0) is 22.0. The number of rotatable bonds is 7. The van der Waals surface area contributed by atoms with E-state index in [0.717, 1.165) is 24.5 Å². The number of amides is 1. The van der Waals surface area contributed by atoms with Gasteiger partial charge >= 0.3 is 0 Å². The Morgan fingerprint density at radius 2 is 1.61 bits per heavy atom. The van der Waals surface area contributed by atoms with Gasteiger partial charge in [0.2, 0.25) is 15.9 Å². The third-order valence-electron chi connectivity index (χ3n) is 5.70. The van der Waals surface area contributed by atoms with Crippen LogP contribution in [-0.2, 0) is 21.4 Å². The maximum atomic E-state index is 13.5. The Kier molecular flexibility index (Phi) is 6.36. The zero-order valence-corrected chi connectivity index (χ0v) is 17.9. The summed E-state index contributed by atoms with van der Waals surface area (Å²) in [6, 6.07) is 11.7. The van der Waals surface area contributed by atoms with Gasteiger partial charge < -0.3 is 4.90 Å². The van der Waals surface area contributed by atoms with Crippen LogP contribution in [0, 0.1) is 11.6 Å². The number of hydrogen-bond acceptors (Lipinski definition) is 4. The molecule has 0 unspecified atom stereocenters. The van der Waals surface area contributed by atoms with Crippen LogP contribution in [0.3, 0.4) is 0 Å². The number of halogens is 2. The van der Waals surface area contributed by atoms with Crippen molar-refractivity contribution in [2.75, 3.05) is 32.7 Å². The number of nitrogens with zero attached hydrogens (tertiary/aromatic N) is 3. The van der Waals surface area contributed by atoms with Crippen LogP contribution in [0.2, 0.25) is 0 Å². The van der Waals surface area contributed by atoms with E-state index in [9.17, 15) is 22.0 Å². The second kappa shape index (κ2) is 9.02. The minimum absolute atomic E-state index is 0.0638. The molecule has 1 amide bonds. The maximum absolute atomic E-state index is 13.5. The molecule has 0 radical (unpaired) electrons. The lowest BCUT2D eigenvalue weighted by atomic mass is 10.2. The largest absolute Gasteiger partial charge is 0.339 e. The molecule has 2 fully saturated rings. The predicted molar refractivity (Wildman–Crippen MR) is 112 cm³/mol. The lowest BCUT2D eigenvalue weighted by Crippen LogP contribution is -2.52. The fourth-order valence-electron chi connectivity index (χ4n) is 3.85. The minimum atomic E-state index is -3.80. The zero-order valence-electron chi connectivity index (χ0n) is 17.1. The van der Waals surface area contributed by atoms with Crippen molar-refractivity contribution in [2.24, 2.45) is 0 Å². The molecular weight excluding hydrogens is 424 g/mol. The third kappa shape index (κ3) is 5.28. The van der Waals surface area contributed by atoms with Crippen LogP contribution < -0.4 is 0 Å². The fraction of sp³-hybridized carbons (Fsp3) is 0.409. The summed E-state index contributed by atoms with van der Waals surface area (Å²) < 4.78 is 53.7. The summed E-state index contributed by atoms with van der Waals surface area (Å²) in [6.45, 7) is 1.62. The number of sulfonamides is 1. The number of carbonyl (C=O) groups is 1. The van der Waals surface area contributed by atoms with Crippen LogP contribution in [0.5, 0.6) is 0 Å². The summed E-state index contributed by atoms with van der Waals surface area (Å²) in [5, 5.41) is 0. The molecular formula is C22H25F2N3O3S. The van der Waals surface area contributed by atoms with Crippen molar-refractivity contribution in [3.8, 4) is 0 Å². The second-order valence-corrected chi connectivity index (χ2v) is 9.95. The van der Waals surface area contributed by atoms with Gasteiger partial charge in [0.25, 0.3) is 0 Å². The van der Waals surface area contributed by atoms with E-state index in [1.54, 1.807) is 11.0 Å². The molecule has 9 heteroatoms. The molecule has 0 N–H and O–H groups in total. The van der Waals surface area contributed by atoms with E-state index in [2.05, 4.69) is 4.90 Å². The van der Waals surface area contributed by atoms with Gasteiger partial charge in [0.1, 0.15) is 11.6 Å². The molecule has 4 rings (SSSR count). The molecule has 0 atom stereocenters. The molecule has 1 aliphatic heterocycles. The van der Waals surface area contributed by atoms with Gasteiger partial charge in [-0.25, -0.2) is 17.2 Å². The van der Waals surface area contributed by atoms with E-state index in [4.69, 9.17) is 0 Å². The molecule has 2 aromatic carbocycles. The smallest absolute Gasteiger partial charge is 0.243 e. The topological polar surface area (TPSA) is 60.9 Å². The number of benzene rings is 2. The van der Waals surface area contributed by atoms with Gasteiger partial charge in [-0.15, -0.1) is 0 Å². The van der Waals surface area contributed by atoms with Crippen LogP contribution in [0.15, 0.2) is 53.4 Å². The van der Waals surface area contributed by atoms with Crippen molar-refractivity contribution in [3.05, 3.63) is 65.7 Å². The summed E-state index contributed by atoms with van der Waals surface area (Å²) in [5.74, 6) is -0.963. The highest BCUT2D eigenvalue weighted by Crippen LogP contribution is 2.28. The van der Waals surface area contributed by atoms with Gasteiger partial charge in [0.05, 0.1) is 11.4 Å². The molecule has 31 heavy (non-hydrogen) atoms. The summed E-state index contributed by atoms with van der Waals surface area (Å²) in [7, 11) is -3.80. The monoisotopic (exact) mass is 449 g/mol. The Bertz CT molecular complexity index is 1050. The minimum Gasteiger partial charge on any atom is -0.339 e. The quantitative estimate of drug-likeness (QED) is 0.652. The standard InChI is InChI=1S/C22H25F2N3O3S/c23-18-4-1-3-17(13-18)15-26(20-7-8-20)16-22(28)25-9-11-27(12-10-25)31(29,30)21-6-2-5-19(24)14-21/h1-6,13-14,20H,7-12,15-16H2.